The third kappa shape index (κ3) is 4.46. The molecule has 0 aromatic heterocycles. The lowest BCUT2D eigenvalue weighted by Crippen LogP contribution is -2.47. The number of carboxylic acid groups (broad SMARTS) is 1. The van der Waals surface area contributed by atoms with Crippen molar-refractivity contribution < 1.29 is 19.4 Å². The first-order chi connectivity index (χ1) is 10.6. The normalized spacial score (nSPS) is 18.7. The lowest BCUT2D eigenvalue weighted by molar-refractivity contribution is 0.0697. The number of carbonyl (C=O) groups excluding carboxylic acids is 1. The van der Waals surface area contributed by atoms with Gasteiger partial charge in [-0.05, 0) is 37.0 Å². The topological polar surface area (TPSA) is 87.7 Å². The molecule has 0 spiro atoms. The zero-order chi connectivity index (χ0) is 15.9. The maximum atomic E-state index is 11.9. The van der Waals surface area contributed by atoms with Gasteiger partial charge in [-0.1, -0.05) is 19.1 Å². The van der Waals surface area contributed by atoms with Gasteiger partial charge < -0.3 is 20.5 Å². The Morgan fingerprint density at radius 1 is 1.36 bits per heavy atom. The van der Waals surface area contributed by atoms with Gasteiger partial charge in [0.05, 0.1) is 17.7 Å². The molecule has 1 aliphatic heterocycles. The highest BCUT2D eigenvalue weighted by molar-refractivity contribution is 5.87. The summed E-state index contributed by atoms with van der Waals surface area (Å²) in [6.45, 7) is 3.14. The molecule has 1 aromatic carbocycles. The number of aromatic carboxylic acids is 1. The first-order valence-electron chi connectivity index (χ1n) is 7.58. The second kappa shape index (κ2) is 7.79. The van der Waals surface area contributed by atoms with Gasteiger partial charge >= 0.3 is 12.0 Å². The summed E-state index contributed by atoms with van der Waals surface area (Å²) in [4.78, 5) is 22.7. The molecule has 0 radical (unpaired) electrons. The Hall–Kier alpha value is -2.08. The van der Waals surface area contributed by atoms with E-state index in [1.54, 1.807) is 12.1 Å². The van der Waals surface area contributed by atoms with Crippen LogP contribution in [-0.2, 0) is 11.3 Å². The minimum absolute atomic E-state index is 0.0249. The van der Waals surface area contributed by atoms with E-state index in [2.05, 4.69) is 10.6 Å². The third-order valence-electron chi connectivity index (χ3n) is 3.82. The molecule has 120 valence electrons. The van der Waals surface area contributed by atoms with E-state index in [1.807, 2.05) is 6.92 Å². The van der Waals surface area contributed by atoms with Gasteiger partial charge in [0.2, 0.25) is 0 Å². The zero-order valence-corrected chi connectivity index (χ0v) is 12.7. The van der Waals surface area contributed by atoms with Crippen molar-refractivity contribution in [3.8, 4) is 0 Å². The van der Waals surface area contributed by atoms with Crippen LogP contribution < -0.4 is 10.6 Å². The van der Waals surface area contributed by atoms with Crippen molar-refractivity contribution in [2.24, 2.45) is 0 Å². The van der Waals surface area contributed by atoms with Crippen LogP contribution in [0.1, 0.15) is 42.1 Å². The molecule has 1 fully saturated rings. The number of carbonyl (C=O) groups is 2. The molecule has 2 atom stereocenters. The largest absolute Gasteiger partial charge is 0.478 e. The van der Waals surface area contributed by atoms with Crippen LogP contribution in [0.4, 0.5) is 4.79 Å². The third-order valence-corrected chi connectivity index (χ3v) is 3.82. The smallest absolute Gasteiger partial charge is 0.335 e. The number of rotatable bonds is 6. The molecule has 3 N–H and O–H groups in total. The van der Waals surface area contributed by atoms with E-state index >= 15 is 0 Å². The van der Waals surface area contributed by atoms with E-state index in [1.165, 1.54) is 12.1 Å². The molecule has 1 heterocycles. The summed E-state index contributed by atoms with van der Waals surface area (Å²) in [6.07, 6.45) is 2.95. The lowest BCUT2D eigenvalue weighted by Gasteiger charge is -2.23. The minimum Gasteiger partial charge on any atom is -0.478 e. The van der Waals surface area contributed by atoms with Gasteiger partial charge in [0.15, 0.2) is 0 Å². The number of urea groups is 1. The average Bonchev–Trinajstić information content (AvgIpc) is 3.05. The van der Waals surface area contributed by atoms with Crippen LogP contribution in [0.25, 0.3) is 0 Å². The quantitative estimate of drug-likeness (QED) is 0.751. The monoisotopic (exact) mass is 306 g/mol. The first kappa shape index (κ1) is 16.3. The van der Waals surface area contributed by atoms with Gasteiger partial charge in [-0.25, -0.2) is 9.59 Å². The fourth-order valence-electron chi connectivity index (χ4n) is 2.54. The standard InChI is InChI=1S/C16H22N2O4/c1-2-13(14-4-3-9-22-14)18-16(21)17-10-11-5-7-12(8-6-11)15(19)20/h5-8,13-14H,2-4,9-10H2,1H3,(H,19,20)(H2,17,18,21). The summed E-state index contributed by atoms with van der Waals surface area (Å²) in [6, 6.07) is 6.24. The highest BCUT2D eigenvalue weighted by Crippen LogP contribution is 2.17. The summed E-state index contributed by atoms with van der Waals surface area (Å²) < 4.78 is 5.61. The highest BCUT2D eigenvalue weighted by Gasteiger charge is 2.25. The molecule has 2 rings (SSSR count). The Balaban J connectivity index is 1.80. The average molecular weight is 306 g/mol. The summed E-state index contributed by atoms with van der Waals surface area (Å²) in [5.74, 6) is -0.959. The Kier molecular flexibility index (Phi) is 5.77. The minimum atomic E-state index is -0.959. The summed E-state index contributed by atoms with van der Waals surface area (Å²) >= 11 is 0. The van der Waals surface area contributed by atoms with Crippen LogP contribution in [-0.4, -0.2) is 35.9 Å². The van der Waals surface area contributed by atoms with Gasteiger partial charge in [-0.3, -0.25) is 0 Å². The number of carboxylic acids is 1. The van der Waals surface area contributed by atoms with Crippen molar-refractivity contribution in [2.45, 2.75) is 44.9 Å². The predicted octanol–water partition coefficient (Wildman–Crippen LogP) is 2.14. The summed E-state index contributed by atoms with van der Waals surface area (Å²) in [5, 5.41) is 14.6. The van der Waals surface area contributed by atoms with E-state index in [9.17, 15) is 9.59 Å². The van der Waals surface area contributed by atoms with Crippen molar-refractivity contribution in [1.82, 2.24) is 10.6 Å². The van der Waals surface area contributed by atoms with Gasteiger partial charge in [0, 0.05) is 13.2 Å². The molecule has 0 aliphatic carbocycles. The molecule has 0 saturated carbocycles. The fraction of sp³-hybridized carbons (Fsp3) is 0.500. The predicted molar refractivity (Wildman–Crippen MR) is 81.8 cm³/mol. The first-order valence-corrected chi connectivity index (χ1v) is 7.58. The number of ether oxygens (including phenoxy) is 1. The van der Waals surface area contributed by atoms with Crippen LogP contribution in [0, 0.1) is 0 Å². The maximum Gasteiger partial charge on any atom is 0.335 e. The number of amides is 2. The molecule has 0 bridgehead atoms. The van der Waals surface area contributed by atoms with Gasteiger partial charge in [0.25, 0.3) is 0 Å². The van der Waals surface area contributed by atoms with Crippen LogP contribution >= 0.6 is 0 Å². The van der Waals surface area contributed by atoms with Gasteiger partial charge in [-0.15, -0.1) is 0 Å². The Morgan fingerprint density at radius 3 is 2.64 bits per heavy atom. The Bertz CT molecular complexity index is 509. The van der Waals surface area contributed by atoms with E-state index in [0.29, 0.717) is 6.54 Å². The second-order valence-electron chi connectivity index (χ2n) is 5.40. The van der Waals surface area contributed by atoms with Crippen LogP contribution in [0.15, 0.2) is 24.3 Å². The van der Waals surface area contributed by atoms with Crippen molar-refractivity contribution in [1.29, 1.82) is 0 Å². The molecule has 2 unspecified atom stereocenters. The Morgan fingerprint density at radius 2 is 2.09 bits per heavy atom. The van der Waals surface area contributed by atoms with Gasteiger partial charge in [0.1, 0.15) is 0 Å². The molecule has 1 aliphatic rings. The van der Waals surface area contributed by atoms with E-state index < -0.39 is 5.97 Å². The highest BCUT2D eigenvalue weighted by atomic mass is 16.5. The van der Waals surface area contributed by atoms with Crippen LogP contribution in [0.3, 0.4) is 0 Å². The molecule has 1 aromatic rings. The van der Waals surface area contributed by atoms with Crippen LogP contribution in [0.2, 0.25) is 0 Å². The molecular weight excluding hydrogens is 284 g/mol. The lowest BCUT2D eigenvalue weighted by atomic mass is 10.1. The Labute approximate surface area is 129 Å². The number of nitrogens with one attached hydrogen (secondary N) is 2. The molecular formula is C16H22N2O4. The van der Waals surface area contributed by atoms with E-state index in [0.717, 1.165) is 31.4 Å². The van der Waals surface area contributed by atoms with Crippen LogP contribution in [0.5, 0.6) is 0 Å². The van der Waals surface area contributed by atoms with E-state index in [-0.39, 0.29) is 23.7 Å². The molecule has 2 amide bonds. The fourth-order valence-corrected chi connectivity index (χ4v) is 2.54. The van der Waals surface area contributed by atoms with Crippen molar-refractivity contribution >= 4 is 12.0 Å². The van der Waals surface area contributed by atoms with E-state index in [4.69, 9.17) is 9.84 Å². The zero-order valence-electron chi connectivity index (χ0n) is 12.7. The molecule has 1 saturated heterocycles. The number of hydrogen-bond donors (Lipinski definition) is 3. The summed E-state index contributed by atoms with van der Waals surface area (Å²) in [7, 11) is 0. The molecule has 6 heteroatoms. The van der Waals surface area contributed by atoms with Crippen molar-refractivity contribution in [2.75, 3.05) is 6.61 Å². The SMILES string of the molecule is CCC(NC(=O)NCc1ccc(C(=O)O)cc1)C1CCCO1. The maximum absolute atomic E-state index is 11.9. The summed E-state index contributed by atoms with van der Waals surface area (Å²) in [5.41, 5.74) is 1.09. The number of benzene rings is 1. The number of hydrogen-bond acceptors (Lipinski definition) is 3. The molecule has 22 heavy (non-hydrogen) atoms. The second-order valence-corrected chi connectivity index (χ2v) is 5.40. The van der Waals surface area contributed by atoms with Crippen molar-refractivity contribution in [3.05, 3.63) is 35.4 Å². The molecule has 6 nitrogen and oxygen atoms in total. The van der Waals surface area contributed by atoms with Gasteiger partial charge in [-0.2, -0.15) is 0 Å². The van der Waals surface area contributed by atoms with Crippen molar-refractivity contribution in [3.63, 3.8) is 0 Å².